The molecule has 0 aliphatic rings. The first-order valence-corrected chi connectivity index (χ1v) is 7.79. The van der Waals surface area contributed by atoms with Gasteiger partial charge in [0, 0.05) is 18.3 Å². The summed E-state index contributed by atoms with van der Waals surface area (Å²) >= 11 is 0. The number of rotatable bonds is 6. The van der Waals surface area contributed by atoms with Crippen molar-refractivity contribution in [2.75, 3.05) is 7.11 Å². The number of hydrogen-bond acceptors (Lipinski definition) is 3. The Morgan fingerprint density at radius 3 is 2.52 bits per heavy atom. The predicted octanol–water partition coefficient (Wildman–Crippen LogP) is 3.92. The molecule has 1 atom stereocenters. The predicted molar refractivity (Wildman–Crippen MR) is 87.1 cm³/mol. The molecule has 0 fully saturated rings. The Bertz CT molecular complexity index is 718. The Morgan fingerprint density at radius 2 is 1.96 bits per heavy atom. The molecule has 1 aromatic carbocycles. The number of nitrogens with one attached hydrogen (secondary N) is 1. The van der Waals surface area contributed by atoms with Crippen LogP contribution < -0.4 is 10.1 Å². The number of ether oxygens (including phenoxy) is 1. The topological polar surface area (TPSA) is 51.2 Å². The summed E-state index contributed by atoms with van der Waals surface area (Å²) < 4.78 is 43.5. The van der Waals surface area contributed by atoms with Crippen LogP contribution in [0.2, 0.25) is 0 Å². The fourth-order valence-corrected chi connectivity index (χ4v) is 2.53. The molecule has 25 heavy (non-hydrogen) atoms. The highest BCUT2D eigenvalue weighted by Gasteiger charge is 2.32. The number of aromatic nitrogens is 1. The lowest BCUT2D eigenvalue weighted by Gasteiger charge is -2.17. The van der Waals surface area contributed by atoms with Crippen LogP contribution in [0.5, 0.6) is 5.88 Å². The Labute approximate surface area is 144 Å². The van der Waals surface area contributed by atoms with E-state index in [4.69, 9.17) is 4.74 Å². The van der Waals surface area contributed by atoms with Gasteiger partial charge in [0.1, 0.15) is 0 Å². The molecule has 134 valence electrons. The van der Waals surface area contributed by atoms with Crippen molar-refractivity contribution in [1.29, 1.82) is 0 Å². The van der Waals surface area contributed by atoms with E-state index in [1.54, 1.807) is 0 Å². The lowest BCUT2D eigenvalue weighted by molar-refractivity contribution is -0.137. The van der Waals surface area contributed by atoms with Gasteiger partial charge in [0.2, 0.25) is 11.8 Å². The second-order valence-electron chi connectivity index (χ2n) is 5.48. The number of amides is 1. The van der Waals surface area contributed by atoms with Gasteiger partial charge in [-0.15, -0.1) is 0 Å². The molecule has 0 radical (unpaired) electrons. The van der Waals surface area contributed by atoms with E-state index in [2.05, 4.69) is 10.3 Å². The summed E-state index contributed by atoms with van der Waals surface area (Å²) in [5.41, 5.74) is 0.151. The number of alkyl halides is 3. The zero-order valence-corrected chi connectivity index (χ0v) is 13.9. The van der Waals surface area contributed by atoms with E-state index in [1.165, 1.54) is 7.11 Å². The summed E-state index contributed by atoms with van der Waals surface area (Å²) in [4.78, 5) is 16.1. The molecule has 0 saturated heterocycles. The van der Waals surface area contributed by atoms with Gasteiger partial charge < -0.3 is 10.1 Å². The monoisotopic (exact) mass is 352 g/mol. The van der Waals surface area contributed by atoms with E-state index in [0.717, 1.165) is 11.6 Å². The molecule has 0 aliphatic carbocycles. The molecule has 0 spiro atoms. The van der Waals surface area contributed by atoms with Crippen LogP contribution in [0.1, 0.15) is 36.0 Å². The van der Waals surface area contributed by atoms with Crippen LogP contribution in [0, 0.1) is 0 Å². The molecular weight excluding hydrogens is 333 g/mol. The second kappa shape index (κ2) is 8.00. The van der Waals surface area contributed by atoms with Crippen molar-refractivity contribution in [2.24, 2.45) is 0 Å². The third-order valence-corrected chi connectivity index (χ3v) is 3.83. The summed E-state index contributed by atoms with van der Waals surface area (Å²) in [5.74, 6) is -0.569. The summed E-state index contributed by atoms with van der Waals surface area (Å²) in [6, 6.07) is 10.2. The van der Waals surface area contributed by atoms with E-state index in [1.807, 2.05) is 37.3 Å². The van der Waals surface area contributed by atoms with Gasteiger partial charge in [-0.2, -0.15) is 13.2 Å². The van der Waals surface area contributed by atoms with E-state index in [-0.39, 0.29) is 29.8 Å². The average molecular weight is 352 g/mol. The second-order valence-corrected chi connectivity index (χ2v) is 5.48. The minimum Gasteiger partial charge on any atom is -0.481 e. The van der Waals surface area contributed by atoms with E-state index in [0.29, 0.717) is 12.6 Å². The van der Waals surface area contributed by atoms with Crippen LogP contribution in [0.25, 0.3) is 0 Å². The molecule has 2 rings (SSSR count). The average Bonchev–Trinajstić information content (AvgIpc) is 2.60. The molecule has 0 saturated carbocycles. The van der Waals surface area contributed by atoms with Crippen LogP contribution in [0.15, 0.2) is 42.6 Å². The minimum absolute atomic E-state index is 0.0565. The van der Waals surface area contributed by atoms with Crippen molar-refractivity contribution in [3.8, 4) is 5.88 Å². The summed E-state index contributed by atoms with van der Waals surface area (Å²) in [7, 11) is 1.32. The third-order valence-electron chi connectivity index (χ3n) is 3.83. The number of benzene rings is 1. The zero-order chi connectivity index (χ0) is 18.4. The summed E-state index contributed by atoms with van der Waals surface area (Å²) in [5, 5.41) is 2.68. The van der Waals surface area contributed by atoms with Crippen molar-refractivity contribution < 1.29 is 22.7 Å². The van der Waals surface area contributed by atoms with Crippen molar-refractivity contribution in [3.63, 3.8) is 0 Å². The molecule has 1 heterocycles. The number of carbonyl (C=O) groups excluding carboxylic acids is 1. The first-order chi connectivity index (χ1) is 11.9. The van der Waals surface area contributed by atoms with Gasteiger partial charge in [-0.3, -0.25) is 4.79 Å². The molecular formula is C18H19F3N2O2. The molecule has 0 unspecified atom stereocenters. The Morgan fingerprint density at radius 1 is 1.28 bits per heavy atom. The van der Waals surface area contributed by atoms with Gasteiger partial charge >= 0.3 is 6.18 Å². The normalized spacial score (nSPS) is 12.5. The fraction of sp³-hybridized carbons (Fsp3) is 0.333. The highest BCUT2D eigenvalue weighted by atomic mass is 19.4. The first-order valence-electron chi connectivity index (χ1n) is 7.79. The number of hydrogen-bond donors (Lipinski definition) is 1. The number of halogens is 3. The fourth-order valence-electron chi connectivity index (χ4n) is 2.53. The Balaban J connectivity index is 2.15. The molecule has 2 aromatic rings. The van der Waals surface area contributed by atoms with E-state index < -0.39 is 11.7 Å². The van der Waals surface area contributed by atoms with E-state index >= 15 is 0 Å². The van der Waals surface area contributed by atoms with Gasteiger partial charge in [0.15, 0.2) is 0 Å². The van der Waals surface area contributed by atoms with Gasteiger partial charge in [-0.25, -0.2) is 4.98 Å². The highest BCUT2D eigenvalue weighted by Crippen LogP contribution is 2.31. The number of nitrogens with zero attached hydrogens (tertiary/aromatic N) is 1. The minimum atomic E-state index is -4.51. The Hall–Kier alpha value is -2.57. The molecule has 0 aliphatic heterocycles. The lowest BCUT2D eigenvalue weighted by Crippen LogP contribution is -2.29. The van der Waals surface area contributed by atoms with Crippen molar-refractivity contribution >= 4 is 5.91 Å². The number of methoxy groups -OCH3 is 1. The summed E-state index contributed by atoms with van der Waals surface area (Å²) in [6.07, 6.45) is -3.22. The first kappa shape index (κ1) is 18.8. The van der Waals surface area contributed by atoms with Gasteiger partial charge in [0.05, 0.1) is 18.6 Å². The van der Waals surface area contributed by atoms with Gasteiger partial charge in [-0.1, -0.05) is 37.3 Å². The molecule has 4 nitrogen and oxygen atoms in total. The van der Waals surface area contributed by atoms with Crippen LogP contribution >= 0.6 is 0 Å². The third kappa shape index (κ3) is 4.71. The maximum absolute atomic E-state index is 12.8. The van der Waals surface area contributed by atoms with E-state index in [9.17, 15) is 18.0 Å². The van der Waals surface area contributed by atoms with Crippen LogP contribution in [-0.2, 0) is 17.5 Å². The molecule has 1 amide bonds. The number of pyridine rings is 1. The van der Waals surface area contributed by atoms with Crippen LogP contribution in [0.3, 0.4) is 0 Å². The SMILES string of the molecule is CC[C@H](C(=O)NCc1cc(C(F)(F)F)cnc1OC)c1ccccc1. The molecule has 1 aromatic heterocycles. The summed E-state index contributed by atoms with van der Waals surface area (Å²) in [6.45, 7) is 1.78. The highest BCUT2D eigenvalue weighted by molar-refractivity contribution is 5.83. The van der Waals surface area contributed by atoms with Crippen molar-refractivity contribution in [3.05, 3.63) is 59.3 Å². The van der Waals surface area contributed by atoms with Crippen molar-refractivity contribution in [1.82, 2.24) is 10.3 Å². The zero-order valence-electron chi connectivity index (χ0n) is 13.9. The van der Waals surface area contributed by atoms with Crippen molar-refractivity contribution in [2.45, 2.75) is 32.0 Å². The molecule has 7 heteroatoms. The van der Waals surface area contributed by atoms with Crippen LogP contribution in [-0.4, -0.2) is 18.0 Å². The molecule has 1 N–H and O–H groups in total. The van der Waals surface area contributed by atoms with Gasteiger partial charge in [0.25, 0.3) is 0 Å². The lowest BCUT2D eigenvalue weighted by atomic mass is 9.95. The number of carbonyl (C=O) groups is 1. The quantitative estimate of drug-likeness (QED) is 0.857. The Kier molecular flexibility index (Phi) is 6.01. The van der Waals surface area contributed by atoms with Gasteiger partial charge in [-0.05, 0) is 18.1 Å². The maximum Gasteiger partial charge on any atom is 0.417 e. The van der Waals surface area contributed by atoms with Crippen LogP contribution in [0.4, 0.5) is 13.2 Å². The maximum atomic E-state index is 12.8. The standard InChI is InChI=1S/C18H19F3N2O2/c1-3-15(12-7-5-4-6-8-12)16(24)22-10-13-9-14(18(19,20)21)11-23-17(13)25-2/h4-9,11,15H,3,10H2,1-2H3,(H,22,24)/t15-/m0/s1. The molecule has 0 bridgehead atoms. The smallest absolute Gasteiger partial charge is 0.417 e. The largest absolute Gasteiger partial charge is 0.481 e.